The lowest BCUT2D eigenvalue weighted by Gasteiger charge is -2.19. The summed E-state index contributed by atoms with van der Waals surface area (Å²) in [5.41, 5.74) is 0.834. The van der Waals surface area contributed by atoms with Gasteiger partial charge >= 0.3 is 6.09 Å². The molecule has 1 aromatic carbocycles. The Morgan fingerprint density at radius 2 is 2.00 bits per heavy atom. The first kappa shape index (κ1) is 18.4. The maximum Gasteiger partial charge on any atom is 0.407 e. The van der Waals surface area contributed by atoms with E-state index < -0.39 is 28.8 Å². The number of hydrogen-bond acceptors (Lipinski definition) is 4. The van der Waals surface area contributed by atoms with E-state index in [1.54, 1.807) is 6.92 Å². The van der Waals surface area contributed by atoms with Crippen LogP contribution in [0.25, 0.3) is 0 Å². The van der Waals surface area contributed by atoms with Gasteiger partial charge in [-0.25, -0.2) is 21.9 Å². The highest BCUT2D eigenvalue weighted by Gasteiger charge is 2.22. The quantitative estimate of drug-likeness (QED) is 0.783. The van der Waals surface area contributed by atoms with Gasteiger partial charge in [0.05, 0.1) is 5.75 Å². The topological polar surface area (TPSA) is 75.7 Å². The van der Waals surface area contributed by atoms with Gasteiger partial charge in [0.1, 0.15) is 13.3 Å². The first-order valence-corrected chi connectivity index (χ1v) is 8.43. The van der Waals surface area contributed by atoms with Crippen LogP contribution in [0.2, 0.25) is 0 Å². The average molecular weight is 332 g/mol. The fraction of sp³-hybridized carbons (Fsp3) is 0.500. The van der Waals surface area contributed by atoms with E-state index in [0.717, 1.165) is 9.87 Å². The lowest BCUT2D eigenvalue weighted by atomic mass is 10.2. The highest BCUT2D eigenvalue weighted by Crippen LogP contribution is 2.03. The number of sulfonamides is 1. The van der Waals surface area contributed by atoms with Gasteiger partial charge in [0.15, 0.2) is 0 Å². The van der Waals surface area contributed by atoms with Crippen molar-refractivity contribution in [2.24, 2.45) is 0 Å². The molecule has 1 N–H and O–H groups in total. The van der Waals surface area contributed by atoms with Crippen LogP contribution in [0.3, 0.4) is 0 Å². The fourth-order valence-corrected chi connectivity index (χ4v) is 3.03. The van der Waals surface area contributed by atoms with Crippen molar-refractivity contribution in [2.75, 3.05) is 26.0 Å². The van der Waals surface area contributed by atoms with Crippen molar-refractivity contribution in [1.82, 2.24) is 9.62 Å². The molecule has 124 valence electrons. The third-order valence-electron chi connectivity index (χ3n) is 2.91. The molecule has 0 radical (unpaired) electrons. The zero-order chi connectivity index (χ0) is 16.6. The number of alkyl carbamates (subject to hydrolysis) is 1. The second-order valence-corrected chi connectivity index (χ2v) is 7.02. The van der Waals surface area contributed by atoms with Gasteiger partial charge in [-0.05, 0) is 12.5 Å². The zero-order valence-electron chi connectivity index (χ0n) is 12.7. The van der Waals surface area contributed by atoms with Crippen molar-refractivity contribution in [3.63, 3.8) is 0 Å². The van der Waals surface area contributed by atoms with Crippen LogP contribution in [0, 0.1) is 0 Å². The van der Waals surface area contributed by atoms with E-state index in [0.29, 0.717) is 0 Å². The number of ether oxygens (including phenoxy) is 1. The van der Waals surface area contributed by atoms with E-state index in [2.05, 4.69) is 5.32 Å². The second-order valence-electron chi connectivity index (χ2n) is 4.90. The first-order valence-electron chi connectivity index (χ1n) is 6.82. The molecule has 0 heterocycles. The van der Waals surface area contributed by atoms with Gasteiger partial charge in [0, 0.05) is 19.6 Å². The molecule has 1 rings (SSSR count). The minimum atomic E-state index is -3.61. The Bertz CT molecular complexity index is 565. The third kappa shape index (κ3) is 6.40. The van der Waals surface area contributed by atoms with Crippen LogP contribution in [0.15, 0.2) is 30.3 Å². The molecule has 0 aromatic heterocycles. The summed E-state index contributed by atoms with van der Waals surface area (Å²) in [4.78, 5) is 11.6. The molecule has 0 fully saturated rings. The molecule has 22 heavy (non-hydrogen) atoms. The molecule has 1 aromatic rings. The molecule has 0 aliphatic heterocycles. The molecule has 1 atom stereocenters. The van der Waals surface area contributed by atoms with Crippen molar-refractivity contribution in [1.29, 1.82) is 0 Å². The maximum absolute atomic E-state index is 12.2. The number of carbonyl (C=O) groups excluding carboxylic acids is 1. The van der Waals surface area contributed by atoms with Gasteiger partial charge in [-0.2, -0.15) is 0 Å². The number of amides is 1. The predicted molar refractivity (Wildman–Crippen MR) is 81.6 cm³/mol. The SMILES string of the molecule is C[C@@H](CS(=O)(=O)N(C)CCF)NC(=O)OCc1ccccc1. The Hall–Kier alpha value is -1.67. The minimum absolute atomic E-state index is 0.105. The predicted octanol–water partition coefficient (Wildman–Crippen LogP) is 1.53. The summed E-state index contributed by atoms with van der Waals surface area (Å²) in [7, 11) is -2.31. The van der Waals surface area contributed by atoms with Crippen LogP contribution in [0.1, 0.15) is 12.5 Å². The van der Waals surface area contributed by atoms with Crippen molar-refractivity contribution in [3.8, 4) is 0 Å². The number of nitrogens with one attached hydrogen (secondary N) is 1. The molecule has 1 amide bonds. The van der Waals surface area contributed by atoms with Crippen LogP contribution >= 0.6 is 0 Å². The van der Waals surface area contributed by atoms with Gasteiger partial charge in [0.2, 0.25) is 10.0 Å². The van der Waals surface area contributed by atoms with Crippen LogP contribution in [0.5, 0.6) is 0 Å². The lowest BCUT2D eigenvalue weighted by Crippen LogP contribution is -2.42. The maximum atomic E-state index is 12.2. The van der Waals surface area contributed by atoms with Gasteiger partial charge in [-0.15, -0.1) is 0 Å². The molecule has 0 saturated carbocycles. The van der Waals surface area contributed by atoms with Crippen LogP contribution in [-0.4, -0.2) is 50.9 Å². The number of halogens is 1. The summed E-state index contributed by atoms with van der Waals surface area (Å²) in [6, 6.07) is 8.49. The molecule has 6 nitrogen and oxygen atoms in total. The van der Waals surface area contributed by atoms with Gasteiger partial charge in [-0.1, -0.05) is 30.3 Å². The molecule has 0 bridgehead atoms. The van der Waals surface area contributed by atoms with E-state index in [-0.39, 0.29) is 18.9 Å². The van der Waals surface area contributed by atoms with E-state index in [1.807, 2.05) is 30.3 Å². The van der Waals surface area contributed by atoms with E-state index in [9.17, 15) is 17.6 Å². The first-order chi connectivity index (χ1) is 10.3. The zero-order valence-corrected chi connectivity index (χ0v) is 13.5. The summed E-state index contributed by atoms with van der Waals surface area (Å²) in [6.07, 6.45) is -0.695. The third-order valence-corrected chi connectivity index (χ3v) is 4.97. The second kappa shape index (κ2) is 8.70. The largest absolute Gasteiger partial charge is 0.445 e. The van der Waals surface area contributed by atoms with E-state index in [4.69, 9.17) is 4.74 Å². The number of benzene rings is 1. The fourth-order valence-electron chi connectivity index (χ4n) is 1.71. The van der Waals surface area contributed by atoms with Gasteiger partial charge < -0.3 is 10.1 Å². The number of alkyl halides is 1. The number of nitrogens with zero attached hydrogens (tertiary/aromatic N) is 1. The smallest absolute Gasteiger partial charge is 0.407 e. The Labute approximate surface area is 130 Å². The summed E-state index contributed by atoms with van der Waals surface area (Å²) in [5.74, 6) is -0.316. The van der Waals surface area contributed by atoms with Crippen molar-refractivity contribution in [3.05, 3.63) is 35.9 Å². The Morgan fingerprint density at radius 3 is 2.59 bits per heavy atom. The van der Waals surface area contributed by atoms with E-state index >= 15 is 0 Å². The normalized spacial score (nSPS) is 12.9. The molecule has 0 saturated heterocycles. The van der Waals surface area contributed by atoms with Crippen LogP contribution < -0.4 is 5.32 Å². The van der Waals surface area contributed by atoms with Crippen molar-refractivity contribution in [2.45, 2.75) is 19.6 Å². The molecule has 0 unspecified atom stereocenters. The molecule has 0 spiro atoms. The Morgan fingerprint density at radius 1 is 1.36 bits per heavy atom. The Balaban J connectivity index is 2.41. The van der Waals surface area contributed by atoms with Crippen molar-refractivity contribution >= 4 is 16.1 Å². The summed E-state index contributed by atoms with van der Waals surface area (Å²) in [6.45, 7) is 0.697. The summed E-state index contributed by atoms with van der Waals surface area (Å²) >= 11 is 0. The summed E-state index contributed by atoms with van der Waals surface area (Å²) < 4.78 is 41.8. The van der Waals surface area contributed by atoms with Crippen LogP contribution in [0.4, 0.5) is 9.18 Å². The molecular weight excluding hydrogens is 311 g/mol. The Kier molecular flexibility index (Phi) is 7.26. The average Bonchev–Trinajstić information content (AvgIpc) is 2.45. The van der Waals surface area contributed by atoms with Crippen molar-refractivity contribution < 1.29 is 22.3 Å². The number of rotatable bonds is 8. The van der Waals surface area contributed by atoms with Crippen LogP contribution in [-0.2, 0) is 21.4 Å². The lowest BCUT2D eigenvalue weighted by molar-refractivity contribution is 0.137. The molecule has 8 heteroatoms. The highest BCUT2D eigenvalue weighted by molar-refractivity contribution is 7.89. The monoisotopic (exact) mass is 332 g/mol. The molecular formula is C14H21FN2O4S. The summed E-state index contributed by atoms with van der Waals surface area (Å²) in [5, 5.41) is 2.44. The molecule has 0 aliphatic rings. The van der Waals surface area contributed by atoms with Gasteiger partial charge in [-0.3, -0.25) is 0 Å². The minimum Gasteiger partial charge on any atom is -0.445 e. The standard InChI is InChI=1S/C14H21FN2O4S/c1-12(11-22(19,20)17(2)9-8-15)16-14(18)21-10-13-6-4-3-5-7-13/h3-7,12H,8-11H2,1-2H3,(H,16,18)/t12-/m0/s1. The number of carbonyl (C=O) groups is 1. The molecule has 0 aliphatic carbocycles. The van der Waals surface area contributed by atoms with Gasteiger partial charge in [0.25, 0.3) is 0 Å². The van der Waals surface area contributed by atoms with E-state index in [1.165, 1.54) is 7.05 Å². The number of hydrogen-bond donors (Lipinski definition) is 1. The highest BCUT2D eigenvalue weighted by atomic mass is 32.2.